The lowest BCUT2D eigenvalue weighted by Crippen LogP contribution is -2.43. The molecule has 2 atom stereocenters. The van der Waals surface area contributed by atoms with Crippen LogP contribution in [0.15, 0.2) is 6.20 Å². The number of carbonyl (C=O) groups is 1. The predicted molar refractivity (Wildman–Crippen MR) is 66.2 cm³/mol. The molecule has 0 spiro atoms. The zero-order valence-electron chi connectivity index (χ0n) is 9.44. The van der Waals surface area contributed by atoms with Crippen molar-refractivity contribution in [3.63, 3.8) is 0 Å². The number of hydrogen-bond donors (Lipinski definition) is 0. The molecule has 1 saturated heterocycles. The fourth-order valence-electron chi connectivity index (χ4n) is 1.82. The Morgan fingerprint density at radius 3 is 3.00 bits per heavy atom. The normalized spacial score (nSPS) is 25.8. The Morgan fingerprint density at radius 2 is 2.44 bits per heavy atom. The van der Waals surface area contributed by atoms with Crippen LogP contribution in [0.5, 0.6) is 0 Å². The van der Waals surface area contributed by atoms with E-state index in [0.29, 0.717) is 12.5 Å². The highest BCUT2D eigenvalue weighted by molar-refractivity contribution is 7.13. The number of hydrogen-bond acceptors (Lipinski definition) is 3. The number of aromatic nitrogens is 1. The molecule has 1 aliphatic heterocycles. The van der Waals surface area contributed by atoms with E-state index in [1.54, 1.807) is 6.20 Å². The van der Waals surface area contributed by atoms with Crippen LogP contribution in [0.4, 0.5) is 0 Å². The van der Waals surface area contributed by atoms with E-state index in [4.69, 9.17) is 11.6 Å². The summed E-state index contributed by atoms with van der Waals surface area (Å²) >= 11 is 7.64. The van der Waals surface area contributed by atoms with Crippen molar-refractivity contribution in [2.75, 3.05) is 13.1 Å². The van der Waals surface area contributed by atoms with Crippen LogP contribution in [-0.2, 0) is 0 Å². The van der Waals surface area contributed by atoms with Gasteiger partial charge in [0.05, 0.1) is 16.6 Å². The first kappa shape index (κ1) is 11.9. The molecule has 3 nitrogen and oxygen atoms in total. The van der Waals surface area contributed by atoms with Crippen LogP contribution in [0.2, 0.25) is 0 Å². The van der Waals surface area contributed by atoms with Crippen molar-refractivity contribution < 1.29 is 4.79 Å². The number of thiazole rings is 1. The number of aryl methyl sites for hydroxylation is 1. The van der Waals surface area contributed by atoms with Gasteiger partial charge in [0.2, 0.25) is 0 Å². The van der Waals surface area contributed by atoms with Crippen LogP contribution in [0.3, 0.4) is 0 Å². The van der Waals surface area contributed by atoms with Crippen LogP contribution in [0, 0.1) is 12.8 Å². The summed E-state index contributed by atoms with van der Waals surface area (Å²) in [5.41, 5.74) is 0. The van der Waals surface area contributed by atoms with Gasteiger partial charge in [-0.3, -0.25) is 4.79 Å². The van der Waals surface area contributed by atoms with E-state index < -0.39 is 0 Å². The van der Waals surface area contributed by atoms with Gasteiger partial charge in [-0.15, -0.1) is 22.9 Å². The van der Waals surface area contributed by atoms with Gasteiger partial charge in [-0.05, 0) is 19.3 Å². The van der Waals surface area contributed by atoms with Crippen molar-refractivity contribution >= 4 is 28.8 Å². The molecule has 2 unspecified atom stereocenters. The van der Waals surface area contributed by atoms with Gasteiger partial charge in [0, 0.05) is 13.1 Å². The summed E-state index contributed by atoms with van der Waals surface area (Å²) in [5.74, 6) is 0.567. The zero-order valence-corrected chi connectivity index (χ0v) is 11.0. The van der Waals surface area contributed by atoms with Crippen LogP contribution in [0.25, 0.3) is 0 Å². The Balaban J connectivity index is 2.06. The number of likely N-dealkylation sites (tertiary alicyclic amines) is 1. The first-order valence-electron chi connectivity index (χ1n) is 5.43. The summed E-state index contributed by atoms with van der Waals surface area (Å²) in [6.45, 7) is 5.50. The summed E-state index contributed by atoms with van der Waals surface area (Å²) < 4.78 is 0. The maximum atomic E-state index is 12.1. The van der Waals surface area contributed by atoms with Crippen molar-refractivity contribution in [1.29, 1.82) is 0 Å². The Bertz CT molecular complexity index is 393. The summed E-state index contributed by atoms with van der Waals surface area (Å²) in [4.78, 5) is 18.8. The molecule has 1 fully saturated rings. The van der Waals surface area contributed by atoms with Crippen molar-refractivity contribution in [2.24, 2.45) is 5.92 Å². The van der Waals surface area contributed by atoms with Gasteiger partial charge in [-0.2, -0.15) is 0 Å². The van der Waals surface area contributed by atoms with Crippen LogP contribution in [0.1, 0.15) is 28.0 Å². The highest BCUT2D eigenvalue weighted by atomic mass is 35.5. The second kappa shape index (κ2) is 4.72. The third kappa shape index (κ3) is 2.38. The number of carbonyl (C=O) groups excluding carboxylic acids is 1. The third-order valence-electron chi connectivity index (χ3n) is 2.99. The summed E-state index contributed by atoms with van der Waals surface area (Å²) in [6.07, 6.45) is 2.64. The van der Waals surface area contributed by atoms with E-state index in [9.17, 15) is 4.79 Å². The van der Waals surface area contributed by atoms with E-state index in [0.717, 1.165) is 22.9 Å². The minimum absolute atomic E-state index is 0.0724. The van der Waals surface area contributed by atoms with Gasteiger partial charge in [-0.25, -0.2) is 4.98 Å². The predicted octanol–water partition coefficient (Wildman–Crippen LogP) is 2.54. The topological polar surface area (TPSA) is 33.2 Å². The third-order valence-corrected chi connectivity index (χ3v) is 4.45. The molecule has 5 heteroatoms. The minimum Gasteiger partial charge on any atom is -0.336 e. The van der Waals surface area contributed by atoms with Gasteiger partial charge < -0.3 is 4.90 Å². The zero-order chi connectivity index (χ0) is 11.7. The first-order valence-corrected chi connectivity index (χ1v) is 6.69. The van der Waals surface area contributed by atoms with E-state index in [1.165, 1.54) is 11.3 Å². The molecule has 1 aromatic rings. The highest BCUT2D eigenvalue weighted by Crippen LogP contribution is 2.24. The molecule has 0 N–H and O–H groups in total. The van der Waals surface area contributed by atoms with Crippen LogP contribution < -0.4 is 0 Å². The molecule has 1 aliphatic rings. The smallest absolute Gasteiger partial charge is 0.265 e. The van der Waals surface area contributed by atoms with Gasteiger partial charge in [0.1, 0.15) is 4.88 Å². The average molecular weight is 259 g/mol. The van der Waals surface area contributed by atoms with Crippen molar-refractivity contribution in [1.82, 2.24) is 9.88 Å². The molecular weight excluding hydrogens is 244 g/mol. The lowest BCUT2D eigenvalue weighted by molar-refractivity contribution is 0.0706. The Labute approximate surface area is 104 Å². The molecule has 0 radical (unpaired) electrons. The van der Waals surface area contributed by atoms with Gasteiger partial charge >= 0.3 is 0 Å². The van der Waals surface area contributed by atoms with Gasteiger partial charge in [0.15, 0.2) is 0 Å². The summed E-state index contributed by atoms with van der Waals surface area (Å²) in [6, 6.07) is 0. The summed E-state index contributed by atoms with van der Waals surface area (Å²) in [5, 5.41) is 1.00. The molecule has 88 valence electrons. The maximum absolute atomic E-state index is 12.1. The molecule has 0 bridgehead atoms. The number of halogens is 1. The molecule has 1 aromatic heterocycles. The van der Waals surface area contributed by atoms with E-state index in [-0.39, 0.29) is 11.3 Å². The Morgan fingerprint density at radius 1 is 1.69 bits per heavy atom. The molecule has 0 aromatic carbocycles. The SMILES string of the molecule is Cc1ncc(C(=O)N2CCC(C)C(Cl)C2)s1. The number of rotatable bonds is 1. The number of alkyl halides is 1. The van der Waals surface area contributed by atoms with Crippen LogP contribution in [-0.4, -0.2) is 34.3 Å². The van der Waals surface area contributed by atoms with E-state index in [1.807, 2.05) is 11.8 Å². The average Bonchev–Trinajstić information content (AvgIpc) is 2.68. The number of piperidine rings is 1. The Hall–Kier alpha value is -0.610. The number of amides is 1. The highest BCUT2D eigenvalue weighted by Gasteiger charge is 2.28. The van der Waals surface area contributed by atoms with E-state index >= 15 is 0 Å². The fourth-order valence-corrected chi connectivity index (χ4v) is 2.86. The van der Waals surface area contributed by atoms with Crippen molar-refractivity contribution in [3.8, 4) is 0 Å². The lowest BCUT2D eigenvalue weighted by Gasteiger charge is -2.33. The first-order chi connectivity index (χ1) is 7.58. The summed E-state index contributed by atoms with van der Waals surface area (Å²) in [7, 11) is 0. The molecular formula is C11H15ClN2OS. The molecule has 16 heavy (non-hydrogen) atoms. The fraction of sp³-hybridized carbons (Fsp3) is 0.636. The quantitative estimate of drug-likeness (QED) is 0.726. The lowest BCUT2D eigenvalue weighted by atomic mass is 9.98. The van der Waals surface area contributed by atoms with Gasteiger partial charge in [0.25, 0.3) is 5.91 Å². The van der Waals surface area contributed by atoms with E-state index in [2.05, 4.69) is 11.9 Å². The molecule has 1 amide bonds. The Kier molecular flexibility index (Phi) is 3.50. The largest absolute Gasteiger partial charge is 0.336 e. The maximum Gasteiger partial charge on any atom is 0.265 e. The monoisotopic (exact) mass is 258 g/mol. The van der Waals surface area contributed by atoms with Crippen LogP contribution >= 0.6 is 22.9 Å². The standard InChI is InChI=1S/C11H15ClN2OS/c1-7-3-4-14(6-9(7)12)11(15)10-5-13-8(2)16-10/h5,7,9H,3-4,6H2,1-2H3. The second-order valence-corrected chi connectivity index (χ2v) is 6.07. The number of nitrogens with zero attached hydrogens (tertiary/aromatic N) is 2. The molecule has 2 rings (SSSR count). The van der Waals surface area contributed by atoms with Crippen molar-refractivity contribution in [3.05, 3.63) is 16.1 Å². The molecule has 0 aliphatic carbocycles. The molecule has 2 heterocycles. The molecule has 0 saturated carbocycles. The minimum atomic E-state index is 0.0724. The second-order valence-electron chi connectivity index (χ2n) is 4.28. The van der Waals surface area contributed by atoms with Gasteiger partial charge in [-0.1, -0.05) is 6.92 Å². The van der Waals surface area contributed by atoms with Crippen molar-refractivity contribution in [2.45, 2.75) is 25.6 Å².